The van der Waals surface area contributed by atoms with Crippen LogP contribution in [-0.2, 0) is 17.3 Å². The number of rotatable bonds is 3. The number of hydrogen-bond acceptors (Lipinski definition) is 5. The van der Waals surface area contributed by atoms with Gasteiger partial charge in [-0.15, -0.1) is 0 Å². The number of aryl methyl sites for hydroxylation is 1. The summed E-state index contributed by atoms with van der Waals surface area (Å²) < 4.78 is 47.9. The van der Waals surface area contributed by atoms with Crippen molar-refractivity contribution in [3.8, 4) is 0 Å². The van der Waals surface area contributed by atoms with Crippen LogP contribution in [0.4, 0.5) is 13.2 Å². The van der Waals surface area contributed by atoms with Gasteiger partial charge in [0.15, 0.2) is 0 Å². The van der Waals surface area contributed by atoms with Gasteiger partial charge in [0.2, 0.25) is 0 Å². The van der Waals surface area contributed by atoms with Crippen molar-refractivity contribution < 1.29 is 17.9 Å². The Kier molecular flexibility index (Phi) is 4.85. The van der Waals surface area contributed by atoms with E-state index in [0.29, 0.717) is 41.6 Å². The number of nitrogens with zero attached hydrogens (tertiary/aromatic N) is 5. The zero-order chi connectivity index (χ0) is 21.6. The summed E-state index contributed by atoms with van der Waals surface area (Å²) in [6.07, 6.45) is 2.57. The molecule has 0 radical (unpaired) electrons. The van der Waals surface area contributed by atoms with Crippen LogP contribution in [0, 0.1) is 6.92 Å². The van der Waals surface area contributed by atoms with E-state index < -0.39 is 11.7 Å². The smallest absolute Gasteiger partial charge is 0.381 e. The highest BCUT2D eigenvalue weighted by Gasteiger charge is 2.31. The van der Waals surface area contributed by atoms with Gasteiger partial charge in [-0.1, -0.05) is 0 Å². The second-order valence-corrected chi connectivity index (χ2v) is 7.79. The topological polar surface area (TPSA) is 65.7 Å². The van der Waals surface area contributed by atoms with E-state index in [0.717, 1.165) is 36.1 Å². The van der Waals surface area contributed by atoms with E-state index in [9.17, 15) is 13.2 Å². The highest BCUT2D eigenvalue weighted by Crippen LogP contribution is 2.36. The maximum absolute atomic E-state index is 13.4. The standard InChI is InChI=1S/C22H20F3N5O/c1-13-10-27-15(11-26-13)9-20-29-19-12-28-18-3-2-14(22(23,24)25)8-17(18)21(19)30(20)16-4-6-31-7-5-16/h2-3,8,10-12,16H,4-7,9H2,1H3. The minimum atomic E-state index is -4.43. The van der Waals surface area contributed by atoms with Crippen LogP contribution >= 0.6 is 0 Å². The van der Waals surface area contributed by atoms with Gasteiger partial charge in [0.25, 0.3) is 0 Å². The molecule has 1 fully saturated rings. The van der Waals surface area contributed by atoms with Crippen LogP contribution in [-0.4, -0.2) is 37.7 Å². The molecule has 160 valence electrons. The molecule has 9 heteroatoms. The van der Waals surface area contributed by atoms with E-state index in [2.05, 4.69) is 19.5 Å². The van der Waals surface area contributed by atoms with Gasteiger partial charge in [-0.05, 0) is 38.0 Å². The van der Waals surface area contributed by atoms with Crippen molar-refractivity contribution in [1.29, 1.82) is 0 Å². The van der Waals surface area contributed by atoms with Crippen molar-refractivity contribution in [2.24, 2.45) is 0 Å². The summed E-state index contributed by atoms with van der Waals surface area (Å²) in [4.78, 5) is 17.8. The van der Waals surface area contributed by atoms with Crippen LogP contribution in [0.5, 0.6) is 0 Å². The van der Waals surface area contributed by atoms with Crippen LogP contribution < -0.4 is 0 Å². The molecule has 1 aromatic carbocycles. The van der Waals surface area contributed by atoms with Gasteiger partial charge in [-0.25, -0.2) is 4.98 Å². The van der Waals surface area contributed by atoms with Gasteiger partial charge in [0.05, 0.1) is 34.2 Å². The summed E-state index contributed by atoms with van der Waals surface area (Å²) in [7, 11) is 0. The molecule has 0 aliphatic carbocycles. The van der Waals surface area contributed by atoms with Crippen molar-refractivity contribution in [2.75, 3.05) is 13.2 Å². The summed E-state index contributed by atoms with van der Waals surface area (Å²) in [6.45, 7) is 3.07. The Morgan fingerprint density at radius 1 is 1.03 bits per heavy atom. The van der Waals surface area contributed by atoms with Crippen LogP contribution in [0.1, 0.15) is 41.7 Å². The summed E-state index contributed by atoms with van der Waals surface area (Å²) in [5, 5.41) is 0.451. The van der Waals surface area contributed by atoms with Gasteiger partial charge in [0.1, 0.15) is 11.3 Å². The Balaban J connectivity index is 1.74. The first-order valence-electron chi connectivity index (χ1n) is 10.1. The molecule has 31 heavy (non-hydrogen) atoms. The van der Waals surface area contributed by atoms with Gasteiger partial charge >= 0.3 is 6.18 Å². The van der Waals surface area contributed by atoms with E-state index in [1.54, 1.807) is 18.6 Å². The number of halogens is 3. The number of benzene rings is 1. The molecule has 0 unspecified atom stereocenters. The fraction of sp³-hybridized carbons (Fsp3) is 0.364. The fourth-order valence-electron chi connectivity index (χ4n) is 4.14. The van der Waals surface area contributed by atoms with Crippen LogP contribution in [0.15, 0.2) is 36.8 Å². The minimum Gasteiger partial charge on any atom is -0.381 e. The molecule has 0 saturated carbocycles. The SMILES string of the molecule is Cc1cnc(Cc2nc3cnc4ccc(C(F)(F)F)cc4c3n2C2CCOCC2)cn1. The molecule has 1 saturated heterocycles. The predicted octanol–water partition coefficient (Wildman–Crippen LogP) is 4.64. The highest BCUT2D eigenvalue weighted by atomic mass is 19.4. The average Bonchev–Trinajstić information content (AvgIpc) is 3.13. The normalized spacial score (nSPS) is 15.7. The molecule has 4 aromatic rings. The molecular weight excluding hydrogens is 407 g/mol. The molecular formula is C22H20F3N5O. The molecule has 3 aromatic heterocycles. The van der Waals surface area contributed by atoms with Crippen LogP contribution in [0.2, 0.25) is 0 Å². The number of aromatic nitrogens is 5. The summed E-state index contributed by atoms with van der Waals surface area (Å²) in [6, 6.07) is 3.74. The Morgan fingerprint density at radius 3 is 2.55 bits per heavy atom. The van der Waals surface area contributed by atoms with Gasteiger partial charge in [-0.3, -0.25) is 15.0 Å². The van der Waals surface area contributed by atoms with E-state index >= 15 is 0 Å². The minimum absolute atomic E-state index is 0.0762. The molecule has 6 nitrogen and oxygen atoms in total. The van der Waals surface area contributed by atoms with Gasteiger partial charge in [-0.2, -0.15) is 13.2 Å². The Hall–Kier alpha value is -3.07. The zero-order valence-corrected chi connectivity index (χ0v) is 16.9. The van der Waals surface area contributed by atoms with E-state index in [-0.39, 0.29) is 6.04 Å². The number of fused-ring (bicyclic) bond motifs is 3. The fourth-order valence-corrected chi connectivity index (χ4v) is 4.14. The average molecular weight is 427 g/mol. The van der Waals surface area contributed by atoms with Crippen molar-refractivity contribution in [2.45, 2.75) is 38.4 Å². The van der Waals surface area contributed by atoms with Crippen LogP contribution in [0.25, 0.3) is 21.9 Å². The summed E-state index contributed by atoms with van der Waals surface area (Å²) >= 11 is 0. The largest absolute Gasteiger partial charge is 0.416 e. The molecule has 0 atom stereocenters. The Labute approximate surface area is 176 Å². The molecule has 4 heterocycles. The maximum Gasteiger partial charge on any atom is 0.416 e. The van der Waals surface area contributed by atoms with Crippen molar-refractivity contribution >= 4 is 21.9 Å². The third kappa shape index (κ3) is 3.74. The lowest BCUT2D eigenvalue weighted by Gasteiger charge is -2.26. The van der Waals surface area contributed by atoms with E-state index in [1.165, 1.54) is 12.1 Å². The first kappa shape index (κ1) is 19.9. The number of alkyl halides is 3. The number of imidazole rings is 1. The molecule has 0 N–H and O–H groups in total. The van der Waals surface area contributed by atoms with Crippen molar-refractivity contribution in [3.05, 3.63) is 59.6 Å². The lowest BCUT2D eigenvalue weighted by atomic mass is 10.1. The number of pyridine rings is 1. The second-order valence-electron chi connectivity index (χ2n) is 7.79. The number of hydrogen-bond donors (Lipinski definition) is 0. The van der Waals surface area contributed by atoms with Crippen LogP contribution in [0.3, 0.4) is 0 Å². The van der Waals surface area contributed by atoms with E-state index in [1.807, 2.05) is 6.92 Å². The Morgan fingerprint density at radius 2 is 1.84 bits per heavy atom. The van der Waals surface area contributed by atoms with Crippen molar-refractivity contribution in [1.82, 2.24) is 24.5 Å². The summed E-state index contributed by atoms with van der Waals surface area (Å²) in [5.41, 5.74) is 2.64. The van der Waals surface area contributed by atoms with Crippen molar-refractivity contribution in [3.63, 3.8) is 0 Å². The summed E-state index contributed by atoms with van der Waals surface area (Å²) in [5.74, 6) is 0.742. The third-order valence-electron chi connectivity index (χ3n) is 5.65. The molecule has 0 spiro atoms. The molecule has 1 aliphatic heterocycles. The lowest BCUT2D eigenvalue weighted by Crippen LogP contribution is -2.21. The van der Waals surface area contributed by atoms with Gasteiger partial charge < -0.3 is 9.30 Å². The maximum atomic E-state index is 13.4. The first-order valence-corrected chi connectivity index (χ1v) is 10.1. The quantitative estimate of drug-likeness (QED) is 0.476. The predicted molar refractivity (Wildman–Crippen MR) is 109 cm³/mol. The van der Waals surface area contributed by atoms with Gasteiger partial charge in [0, 0.05) is 43.5 Å². The monoisotopic (exact) mass is 427 g/mol. The molecule has 5 rings (SSSR count). The van der Waals surface area contributed by atoms with E-state index in [4.69, 9.17) is 9.72 Å². The Bertz CT molecular complexity index is 1240. The first-order chi connectivity index (χ1) is 14.9. The zero-order valence-electron chi connectivity index (χ0n) is 16.9. The molecule has 0 bridgehead atoms. The number of ether oxygens (including phenoxy) is 1. The molecule has 1 aliphatic rings. The second kappa shape index (κ2) is 7.56. The molecule has 0 amide bonds. The highest BCUT2D eigenvalue weighted by molar-refractivity contribution is 6.02. The lowest BCUT2D eigenvalue weighted by molar-refractivity contribution is -0.137. The third-order valence-corrected chi connectivity index (χ3v) is 5.65.